The van der Waals surface area contributed by atoms with Crippen LogP contribution in [0.4, 0.5) is 0 Å². The summed E-state index contributed by atoms with van der Waals surface area (Å²) in [4.78, 5) is 41.6. The summed E-state index contributed by atoms with van der Waals surface area (Å²) in [6.45, 7) is 8.24. The molecule has 3 heterocycles. The van der Waals surface area contributed by atoms with E-state index in [4.69, 9.17) is 19.0 Å². The molecule has 8 heteroatoms. The Morgan fingerprint density at radius 3 is 2.39 bits per heavy atom. The van der Waals surface area contributed by atoms with E-state index in [1.807, 2.05) is 20.8 Å². The van der Waals surface area contributed by atoms with Gasteiger partial charge in [0.2, 0.25) is 5.60 Å². The minimum absolute atomic E-state index is 0.0531. The van der Waals surface area contributed by atoms with E-state index >= 15 is 0 Å². The van der Waals surface area contributed by atoms with E-state index in [1.165, 1.54) is 0 Å². The Labute approximate surface area is 181 Å². The molecule has 0 saturated carbocycles. The molecule has 168 valence electrons. The molecular weight excluding hydrogens is 402 g/mol. The quantitative estimate of drug-likeness (QED) is 0.676. The minimum Gasteiger partial charge on any atom is -0.475 e. The normalized spacial score (nSPS) is 25.8. The topological polar surface area (TPSA) is 91.4 Å². The number of benzene rings is 1. The smallest absolute Gasteiger partial charge is 0.376 e. The maximum Gasteiger partial charge on any atom is 0.376 e. The van der Waals surface area contributed by atoms with Crippen LogP contribution in [0.1, 0.15) is 67.7 Å². The van der Waals surface area contributed by atoms with Crippen LogP contribution in [0.25, 0.3) is 0 Å². The highest BCUT2D eigenvalue weighted by Gasteiger charge is 2.45. The summed E-state index contributed by atoms with van der Waals surface area (Å²) in [6.07, 6.45) is 3.80. The van der Waals surface area contributed by atoms with Gasteiger partial charge < -0.3 is 19.0 Å². The van der Waals surface area contributed by atoms with E-state index in [1.54, 1.807) is 6.92 Å². The van der Waals surface area contributed by atoms with Crippen LogP contribution in [-0.2, 0) is 30.4 Å². The van der Waals surface area contributed by atoms with E-state index in [0.29, 0.717) is 30.3 Å². The molecule has 0 aliphatic carbocycles. The average molecular weight is 431 g/mol. The predicted octanol–water partition coefficient (Wildman–Crippen LogP) is 3.21. The zero-order valence-electron chi connectivity index (χ0n) is 18.5. The lowest BCUT2D eigenvalue weighted by molar-refractivity contribution is -0.208. The Morgan fingerprint density at radius 2 is 1.74 bits per heavy atom. The summed E-state index contributed by atoms with van der Waals surface area (Å²) in [5.41, 5.74) is 2.50. The Kier molecular flexibility index (Phi) is 5.68. The van der Waals surface area contributed by atoms with Crippen molar-refractivity contribution in [3.8, 4) is 11.5 Å². The van der Waals surface area contributed by atoms with Crippen LogP contribution in [0.2, 0.25) is 0 Å². The highest BCUT2D eigenvalue weighted by atomic mass is 16.7. The lowest BCUT2D eigenvalue weighted by Gasteiger charge is -2.37. The Morgan fingerprint density at radius 1 is 1.03 bits per heavy atom. The first-order valence-corrected chi connectivity index (χ1v) is 10.9. The van der Waals surface area contributed by atoms with Gasteiger partial charge in [0.25, 0.3) is 11.8 Å². The van der Waals surface area contributed by atoms with Crippen molar-refractivity contribution in [2.45, 2.75) is 84.5 Å². The minimum atomic E-state index is -1.30. The molecule has 2 fully saturated rings. The number of hydroxylamine groups is 2. The summed E-state index contributed by atoms with van der Waals surface area (Å²) in [5, 5.41) is 0.566. The molecule has 4 rings (SSSR count). The molecule has 1 aromatic rings. The molecule has 0 radical (unpaired) electrons. The van der Waals surface area contributed by atoms with Crippen LogP contribution in [0, 0.1) is 20.8 Å². The molecule has 1 unspecified atom stereocenters. The number of carbonyl (C=O) groups is 3. The van der Waals surface area contributed by atoms with Crippen molar-refractivity contribution in [3.63, 3.8) is 0 Å². The van der Waals surface area contributed by atoms with Crippen molar-refractivity contribution in [1.82, 2.24) is 5.06 Å². The fraction of sp³-hybridized carbons (Fsp3) is 0.609. The molecule has 2 saturated heterocycles. The van der Waals surface area contributed by atoms with Crippen LogP contribution in [-0.4, -0.2) is 41.3 Å². The van der Waals surface area contributed by atoms with Crippen LogP contribution >= 0.6 is 0 Å². The first-order valence-electron chi connectivity index (χ1n) is 10.9. The number of fused-ring (bicyclic) bond motifs is 1. The number of imide groups is 1. The number of carbonyl (C=O) groups excluding carboxylic acids is 3. The van der Waals surface area contributed by atoms with E-state index in [2.05, 4.69) is 0 Å². The molecule has 0 spiro atoms. The van der Waals surface area contributed by atoms with Gasteiger partial charge in [0.05, 0.1) is 6.61 Å². The second kappa shape index (κ2) is 8.15. The van der Waals surface area contributed by atoms with E-state index < -0.39 is 23.4 Å². The summed E-state index contributed by atoms with van der Waals surface area (Å²) < 4.78 is 18.2. The highest BCUT2D eigenvalue weighted by Crippen LogP contribution is 2.44. The molecule has 0 aromatic heterocycles. The third kappa shape index (κ3) is 3.89. The average Bonchev–Trinajstić information content (AvgIpc) is 3.08. The molecule has 31 heavy (non-hydrogen) atoms. The van der Waals surface area contributed by atoms with Gasteiger partial charge in [-0.3, -0.25) is 9.59 Å². The third-order valence-corrected chi connectivity index (χ3v) is 6.49. The summed E-state index contributed by atoms with van der Waals surface area (Å²) in [7, 11) is 0. The molecule has 2 amide bonds. The summed E-state index contributed by atoms with van der Waals surface area (Å²) in [5.74, 6) is -0.309. The molecule has 0 N–H and O–H groups in total. The van der Waals surface area contributed by atoms with Gasteiger partial charge in [-0.25, -0.2) is 4.79 Å². The van der Waals surface area contributed by atoms with Crippen molar-refractivity contribution < 1.29 is 33.4 Å². The number of ether oxygens (including phenoxy) is 3. The molecule has 2 atom stereocenters. The number of amides is 2. The zero-order chi connectivity index (χ0) is 22.3. The highest BCUT2D eigenvalue weighted by molar-refractivity contribution is 6.02. The fourth-order valence-corrected chi connectivity index (χ4v) is 4.33. The molecule has 0 bridgehead atoms. The van der Waals surface area contributed by atoms with Gasteiger partial charge in [-0.15, -0.1) is 5.06 Å². The van der Waals surface area contributed by atoms with Crippen molar-refractivity contribution in [2.75, 3.05) is 6.61 Å². The van der Waals surface area contributed by atoms with Gasteiger partial charge >= 0.3 is 5.97 Å². The van der Waals surface area contributed by atoms with Crippen LogP contribution in [0.5, 0.6) is 11.5 Å². The van der Waals surface area contributed by atoms with E-state index in [-0.39, 0.29) is 19.1 Å². The Balaban J connectivity index is 1.58. The van der Waals surface area contributed by atoms with Gasteiger partial charge in [-0.05, 0) is 63.6 Å². The maximum absolute atomic E-state index is 12.9. The molecule has 3 aliphatic heterocycles. The summed E-state index contributed by atoms with van der Waals surface area (Å²) >= 11 is 0. The lowest BCUT2D eigenvalue weighted by Crippen LogP contribution is -2.49. The van der Waals surface area contributed by atoms with Gasteiger partial charge in [0.1, 0.15) is 11.5 Å². The van der Waals surface area contributed by atoms with Crippen LogP contribution < -0.4 is 9.47 Å². The standard InChI is InChI=1S/C23H29NO7/c1-13-14(2)21-16(15(3)20(13)29-19-7-5-6-12-28-19)10-11-23(4,30-21)22(27)31-24-17(25)8-9-18(24)26/h19H,5-12H2,1-4H3/t19?,23-/m1/s1. The number of rotatable bonds is 4. The monoisotopic (exact) mass is 431 g/mol. The molecule has 1 aromatic carbocycles. The van der Waals surface area contributed by atoms with Crippen molar-refractivity contribution in [3.05, 3.63) is 22.3 Å². The SMILES string of the molecule is Cc1c(C)c2c(c(C)c1OC1CCCCO1)CC[C@](C)(C(=O)ON1C(=O)CCC1=O)O2. The summed E-state index contributed by atoms with van der Waals surface area (Å²) in [6, 6.07) is 0. The fourth-order valence-electron chi connectivity index (χ4n) is 4.33. The van der Waals surface area contributed by atoms with Crippen molar-refractivity contribution >= 4 is 17.8 Å². The third-order valence-electron chi connectivity index (χ3n) is 6.49. The number of nitrogens with zero attached hydrogens (tertiary/aromatic N) is 1. The first kappa shape index (κ1) is 21.6. The first-order chi connectivity index (χ1) is 14.7. The Hall–Kier alpha value is -2.61. The van der Waals surface area contributed by atoms with Gasteiger partial charge in [0.15, 0.2) is 6.29 Å². The Bertz CT molecular complexity index is 919. The molecular formula is C23H29NO7. The molecule has 8 nitrogen and oxygen atoms in total. The van der Waals surface area contributed by atoms with Gasteiger partial charge in [0, 0.05) is 31.2 Å². The number of hydrogen-bond donors (Lipinski definition) is 0. The van der Waals surface area contributed by atoms with Gasteiger partial charge in [-0.2, -0.15) is 0 Å². The predicted molar refractivity (Wildman–Crippen MR) is 109 cm³/mol. The molecule has 3 aliphatic rings. The van der Waals surface area contributed by atoms with Gasteiger partial charge in [-0.1, -0.05) is 0 Å². The van der Waals surface area contributed by atoms with E-state index in [9.17, 15) is 14.4 Å². The second-order valence-corrected chi connectivity index (χ2v) is 8.72. The second-order valence-electron chi connectivity index (χ2n) is 8.72. The van der Waals surface area contributed by atoms with Crippen LogP contribution in [0.3, 0.4) is 0 Å². The van der Waals surface area contributed by atoms with E-state index in [0.717, 1.165) is 47.3 Å². The zero-order valence-corrected chi connectivity index (χ0v) is 18.5. The lowest BCUT2D eigenvalue weighted by atomic mass is 9.87. The van der Waals surface area contributed by atoms with Crippen LogP contribution in [0.15, 0.2) is 0 Å². The number of hydrogen-bond acceptors (Lipinski definition) is 7. The maximum atomic E-state index is 12.9. The van der Waals surface area contributed by atoms with Crippen molar-refractivity contribution in [1.29, 1.82) is 0 Å². The largest absolute Gasteiger partial charge is 0.475 e. The van der Waals surface area contributed by atoms with Crippen molar-refractivity contribution in [2.24, 2.45) is 0 Å².